The molecule has 0 spiro atoms. The predicted octanol–water partition coefficient (Wildman–Crippen LogP) is 3.96. The number of nitrogens with zero attached hydrogens (tertiary/aromatic N) is 2. The third kappa shape index (κ3) is 4.00. The molecule has 5 rings (SSSR count). The average molecular weight is 432 g/mol. The van der Waals surface area contributed by atoms with Crippen LogP contribution in [0.15, 0.2) is 54.6 Å². The maximum Gasteiger partial charge on any atom is 0.269 e. The first-order valence-electron chi connectivity index (χ1n) is 10.2. The van der Waals surface area contributed by atoms with Crippen LogP contribution in [0.4, 0.5) is 5.00 Å². The van der Waals surface area contributed by atoms with Gasteiger partial charge < -0.3 is 14.8 Å². The predicted molar refractivity (Wildman–Crippen MR) is 118 cm³/mol. The smallest absolute Gasteiger partial charge is 0.269 e. The van der Waals surface area contributed by atoms with E-state index in [1.54, 1.807) is 6.07 Å². The topological polar surface area (TPSA) is 74.6 Å². The Morgan fingerprint density at radius 1 is 1.16 bits per heavy atom. The maximum atomic E-state index is 12.8. The fraction of sp³-hybridized carbons (Fsp3) is 0.250. The first-order chi connectivity index (χ1) is 15.2. The van der Waals surface area contributed by atoms with Gasteiger partial charge in [0, 0.05) is 24.5 Å². The molecule has 2 aliphatic rings. The standard InChI is InChI=1S/C24H21N3O3S/c25-12-18-17-10-11-27(13-16-6-2-1-3-7-16)14-22(17)31-24(18)26-23(28)21-15-29-19-8-4-5-9-20(19)30-21/h1-9,21H,10-11,13-15H2,(H,26,28)/t21-/m0/s1. The largest absolute Gasteiger partial charge is 0.485 e. The van der Waals surface area contributed by atoms with Crippen LogP contribution < -0.4 is 14.8 Å². The summed E-state index contributed by atoms with van der Waals surface area (Å²) < 4.78 is 11.5. The van der Waals surface area contributed by atoms with E-state index in [0.717, 1.165) is 36.5 Å². The first-order valence-corrected chi connectivity index (χ1v) is 11.0. The van der Waals surface area contributed by atoms with Crippen molar-refractivity contribution >= 4 is 22.2 Å². The van der Waals surface area contributed by atoms with E-state index in [2.05, 4.69) is 28.4 Å². The van der Waals surface area contributed by atoms with Crippen LogP contribution in [-0.4, -0.2) is 30.1 Å². The van der Waals surface area contributed by atoms with Crippen molar-refractivity contribution in [2.45, 2.75) is 25.6 Å². The molecule has 0 fully saturated rings. The van der Waals surface area contributed by atoms with Gasteiger partial charge >= 0.3 is 0 Å². The third-order valence-electron chi connectivity index (χ3n) is 5.53. The molecule has 0 aliphatic carbocycles. The van der Waals surface area contributed by atoms with E-state index in [0.29, 0.717) is 22.1 Å². The molecule has 2 aliphatic heterocycles. The summed E-state index contributed by atoms with van der Waals surface area (Å²) in [5.74, 6) is 0.886. The molecule has 156 valence electrons. The van der Waals surface area contributed by atoms with Crippen LogP contribution >= 0.6 is 11.3 Å². The third-order valence-corrected chi connectivity index (χ3v) is 6.67. The number of ether oxygens (including phenoxy) is 2. The van der Waals surface area contributed by atoms with Gasteiger partial charge in [0.15, 0.2) is 11.5 Å². The van der Waals surface area contributed by atoms with Crippen molar-refractivity contribution in [2.75, 3.05) is 18.5 Å². The summed E-state index contributed by atoms with van der Waals surface area (Å²) in [6, 6.07) is 20.0. The Balaban J connectivity index is 1.30. The van der Waals surface area contributed by atoms with Crippen molar-refractivity contribution in [3.8, 4) is 17.6 Å². The summed E-state index contributed by atoms with van der Waals surface area (Å²) >= 11 is 1.49. The van der Waals surface area contributed by atoms with Gasteiger partial charge in [0.1, 0.15) is 17.7 Å². The van der Waals surface area contributed by atoms with E-state index in [9.17, 15) is 10.1 Å². The van der Waals surface area contributed by atoms with Gasteiger partial charge in [-0.3, -0.25) is 9.69 Å². The molecule has 3 aromatic rings. The fourth-order valence-corrected chi connectivity index (χ4v) is 5.22. The molecular weight excluding hydrogens is 410 g/mol. The number of hydrogen-bond donors (Lipinski definition) is 1. The number of rotatable bonds is 4. The number of anilines is 1. The van der Waals surface area contributed by atoms with Gasteiger partial charge in [0.05, 0.1) is 5.56 Å². The SMILES string of the molecule is N#Cc1c(NC(=O)[C@@H]2COc3ccccc3O2)sc2c1CCN(Cc1ccccc1)C2. The van der Waals surface area contributed by atoms with Crippen LogP contribution in [-0.2, 0) is 24.3 Å². The highest BCUT2D eigenvalue weighted by atomic mass is 32.1. The molecule has 7 heteroatoms. The van der Waals surface area contributed by atoms with Gasteiger partial charge in [0.25, 0.3) is 5.91 Å². The number of fused-ring (bicyclic) bond motifs is 2. The summed E-state index contributed by atoms with van der Waals surface area (Å²) in [7, 11) is 0. The van der Waals surface area contributed by atoms with Crippen LogP contribution in [0.5, 0.6) is 11.5 Å². The summed E-state index contributed by atoms with van der Waals surface area (Å²) in [6.45, 7) is 2.67. The van der Waals surface area contributed by atoms with E-state index in [1.807, 2.05) is 36.4 Å². The summed E-state index contributed by atoms with van der Waals surface area (Å²) in [5.41, 5.74) is 2.90. The second-order valence-electron chi connectivity index (χ2n) is 7.62. The minimum Gasteiger partial charge on any atom is -0.485 e. The number of amides is 1. The fourth-order valence-electron chi connectivity index (χ4n) is 3.98. The normalized spacial score (nSPS) is 17.5. The van der Waals surface area contributed by atoms with Crippen LogP contribution in [0.25, 0.3) is 0 Å². The second-order valence-corrected chi connectivity index (χ2v) is 8.72. The number of nitrogens with one attached hydrogen (secondary N) is 1. The zero-order chi connectivity index (χ0) is 21.2. The van der Waals surface area contributed by atoms with Gasteiger partial charge in [-0.2, -0.15) is 5.26 Å². The van der Waals surface area contributed by atoms with Gasteiger partial charge in [-0.1, -0.05) is 42.5 Å². The van der Waals surface area contributed by atoms with E-state index in [1.165, 1.54) is 16.9 Å². The number of thiophene rings is 1. The van der Waals surface area contributed by atoms with Crippen LogP contribution in [0.2, 0.25) is 0 Å². The molecule has 1 amide bonds. The minimum absolute atomic E-state index is 0.140. The van der Waals surface area contributed by atoms with E-state index < -0.39 is 6.10 Å². The van der Waals surface area contributed by atoms with Gasteiger partial charge in [-0.15, -0.1) is 11.3 Å². The molecule has 1 aromatic heterocycles. The molecule has 6 nitrogen and oxygen atoms in total. The Labute approximate surface area is 184 Å². The molecule has 1 atom stereocenters. The minimum atomic E-state index is -0.754. The van der Waals surface area contributed by atoms with Gasteiger partial charge in [0.2, 0.25) is 6.10 Å². The Morgan fingerprint density at radius 2 is 1.94 bits per heavy atom. The van der Waals surface area contributed by atoms with Crippen LogP contribution in [0.1, 0.15) is 21.6 Å². The highest BCUT2D eigenvalue weighted by molar-refractivity contribution is 7.16. The van der Waals surface area contributed by atoms with Crippen molar-refractivity contribution in [2.24, 2.45) is 0 Å². The quantitative estimate of drug-likeness (QED) is 0.677. The highest BCUT2D eigenvalue weighted by Gasteiger charge is 2.30. The molecule has 3 heterocycles. The van der Waals surface area contributed by atoms with E-state index in [4.69, 9.17) is 9.47 Å². The monoisotopic (exact) mass is 431 g/mol. The lowest BCUT2D eigenvalue weighted by molar-refractivity contribution is -0.125. The van der Waals surface area contributed by atoms with Crippen molar-refractivity contribution in [3.63, 3.8) is 0 Å². The Kier molecular flexibility index (Phi) is 5.33. The van der Waals surface area contributed by atoms with Crippen molar-refractivity contribution in [3.05, 3.63) is 76.2 Å². The number of nitriles is 1. The molecule has 0 bridgehead atoms. The average Bonchev–Trinajstić information content (AvgIpc) is 3.15. The van der Waals surface area contributed by atoms with E-state index >= 15 is 0 Å². The highest BCUT2D eigenvalue weighted by Crippen LogP contribution is 2.37. The number of carbonyl (C=O) groups is 1. The zero-order valence-electron chi connectivity index (χ0n) is 16.8. The van der Waals surface area contributed by atoms with Crippen LogP contribution in [0.3, 0.4) is 0 Å². The van der Waals surface area contributed by atoms with Crippen LogP contribution in [0, 0.1) is 11.3 Å². The number of hydrogen-bond acceptors (Lipinski definition) is 6. The molecular formula is C24H21N3O3S. The van der Waals surface area contributed by atoms with Crippen molar-refractivity contribution in [1.82, 2.24) is 4.90 Å². The lowest BCUT2D eigenvalue weighted by Crippen LogP contribution is -2.40. The lowest BCUT2D eigenvalue weighted by atomic mass is 10.0. The number of carbonyl (C=O) groups excluding carboxylic acids is 1. The Hall–Kier alpha value is -3.34. The summed E-state index contributed by atoms with van der Waals surface area (Å²) in [4.78, 5) is 16.3. The molecule has 0 radical (unpaired) electrons. The number of benzene rings is 2. The second kappa shape index (κ2) is 8.42. The summed E-state index contributed by atoms with van der Waals surface area (Å²) in [5, 5.41) is 13.3. The molecule has 1 N–H and O–H groups in total. The molecule has 31 heavy (non-hydrogen) atoms. The summed E-state index contributed by atoms with van der Waals surface area (Å²) in [6.07, 6.45) is 0.0450. The van der Waals surface area contributed by atoms with Crippen molar-refractivity contribution in [1.29, 1.82) is 5.26 Å². The zero-order valence-corrected chi connectivity index (χ0v) is 17.7. The molecule has 0 saturated carbocycles. The Morgan fingerprint density at radius 3 is 2.74 bits per heavy atom. The molecule has 2 aromatic carbocycles. The molecule has 0 saturated heterocycles. The van der Waals surface area contributed by atoms with Crippen molar-refractivity contribution < 1.29 is 14.3 Å². The maximum absolute atomic E-state index is 12.8. The number of para-hydroxylation sites is 2. The van der Waals surface area contributed by atoms with Gasteiger partial charge in [-0.25, -0.2) is 0 Å². The van der Waals surface area contributed by atoms with E-state index in [-0.39, 0.29) is 12.5 Å². The van der Waals surface area contributed by atoms with Gasteiger partial charge in [-0.05, 0) is 29.7 Å². The Bertz CT molecular complexity index is 1150. The molecule has 0 unspecified atom stereocenters. The lowest BCUT2D eigenvalue weighted by Gasteiger charge is -2.26. The first kappa shape index (κ1) is 19.6.